The Kier molecular flexibility index (Phi) is 10.2. The van der Waals surface area contributed by atoms with Gasteiger partial charge in [0.15, 0.2) is 0 Å². The van der Waals surface area contributed by atoms with Crippen molar-refractivity contribution < 1.29 is 9.59 Å². The first-order chi connectivity index (χ1) is 17.0. The first-order valence-corrected chi connectivity index (χ1v) is 12.1. The van der Waals surface area contributed by atoms with E-state index >= 15 is 0 Å². The van der Waals surface area contributed by atoms with Crippen molar-refractivity contribution in [2.75, 3.05) is 48.8 Å². The maximum absolute atomic E-state index is 12.1. The van der Waals surface area contributed by atoms with Gasteiger partial charge in [-0.3, -0.25) is 14.6 Å². The van der Waals surface area contributed by atoms with E-state index in [0.29, 0.717) is 22.9 Å². The third-order valence-electron chi connectivity index (χ3n) is 5.53. The number of halogens is 2. The van der Waals surface area contributed by atoms with E-state index in [0.717, 1.165) is 55.3 Å². The molecule has 0 unspecified atom stereocenters. The predicted molar refractivity (Wildman–Crippen MR) is 143 cm³/mol. The van der Waals surface area contributed by atoms with Gasteiger partial charge in [0.2, 0.25) is 12.3 Å². The zero-order valence-corrected chi connectivity index (χ0v) is 21.1. The molecule has 1 aliphatic heterocycles. The minimum atomic E-state index is -0.0157. The highest BCUT2D eigenvalue weighted by Crippen LogP contribution is 2.28. The van der Waals surface area contributed by atoms with Gasteiger partial charge in [0.05, 0.1) is 15.7 Å². The number of piperazine rings is 1. The van der Waals surface area contributed by atoms with E-state index in [4.69, 9.17) is 23.2 Å². The van der Waals surface area contributed by atoms with Crippen molar-refractivity contribution in [3.05, 3.63) is 82.6 Å². The number of hydrogen-bond acceptors (Lipinski definition) is 5. The van der Waals surface area contributed by atoms with E-state index in [9.17, 15) is 9.59 Å². The fourth-order valence-corrected chi connectivity index (χ4v) is 4.18. The van der Waals surface area contributed by atoms with Gasteiger partial charge in [-0.05, 0) is 55.0 Å². The van der Waals surface area contributed by atoms with Crippen LogP contribution in [0.1, 0.15) is 12.1 Å². The normalized spacial score (nSPS) is 12.9. The molecular formula is C26H29Cl2N5O2. The van der Waals surface area contributed by atoms with E-state index in [-0.39, 0.29) is 5.91 Å². The average molecular weight is 514 g/mol. The summed E-state index contributed by atoms with van der Waals surface area (Å²) in [5, 5.41) is 7.11. The van der Waals surface area contributed by atoms with E-state index in [1.807, 2.05) is 48.5 Å². The van der Waals surface area contributed by atoms with Crippen LogP contribution in [0.3, 0.4) is 0 Å². The Labute approximate surface area is 216 Å². The van der Waals surface area contributed by atoms with Crippen LogP contribution in [0.4, 0.5) is 17.1 Å². The van der Waals surface area contributed by atoms with Crippen molar-refractivity contribution in [2.24, 2.45) is 0 Å². The van der Waals surface area contributed by atoms with Crippen molar-refractivity contribution in [3.8, 4) is 0 Å². The topological polar surface area (TPSA) is 77.6 Å². The summed E-state index contributed by atoms with van der Waals surface area (Å²) in [6, 6.07) is 18.9. The number of para-hydroxylation sites is 1. The Morgan fingerprint density at radius 1 is 0.971 bits per heavy atom. The second kappa shape index (κ2) is 13.6. The van der Waals surface area contributed by atoms with Crippen LogP contribution in [-0.4, -0.2) is 55.4 Å². The molecule has 2 amide bonds. The molecule has 3 aromatic rings. The van der Waals surface area contributed by atoms with Gasteiger partial charge in [0, 0.05) is 62.9 Å². The first kappa shape index (κ1) is 26.3. The minimum absolute atomic E-state index is 0.0157. The monoisotopic (exact) mass is 513 g/mol. The summed E-state index contributed by atoms with van der Waals surface area (Å²) in [4.78, 5) is 31.1. The van der Waals surface area contributed by atoms with Crippen LogP contribution < -0.4 is 15.5 Å². The van der Waals surface area contributed by atoms with Crippen LogP contribution in [0.2, 0.25) is 10.0 Å². The highest BCUT2D eigenvalue weighted by atomic mass is 35.5. The molecule has 9 heteroatoms. The van der Waals surface area contributed by atoms with Gasteiger partial charge in [-0.1, -0.05) is 35.3 Å². The molecule has 184 valence electrons. The SMILES string of the molecule is CNc1c(Cl)cccc1Cl.O=CN1CCN(c2ccc(NC(=O)CCc3ccccn3)cc2)CC1. The fraction of sp³-hybridized carbons (Fsp3) is 0.269. The lowest BCUT2D eigenvalue weighted by molar-refractivity contribution is -0.118. The number of pyridine rings is 1. The Hall–Kier alpha value is -3.29. The van der Waals surface area contributed by atoms with Crippen LogP contribution in [0.25, 0.3) is 0 Å². The van der Waals surface area contributed by atoms with Crippen LogP contribution in [0.5, 0.6) is 0 Å². The molecule has 4 rings (SSSR count). The average Bonchev–Trinajstić information content (AvgIpc) is 2.89. The van der Waals surface area contributed by atoms with Crippen LogP contribution in [-0.2, 0) is 16.0 Å². The van der Waals surface area contributed by atoms with Gasteiger partial charge < -0.3 is 20.4 Å². The summed E-state index contributed by atoms with van der Waals surface area (Å²) in [7, 11) is 1.78. The lowest BCUT2D eigenvalue weighted by Gasteiger charge is -2.34. The molecule has 2 N–H and O–H groups in total. The van der Waals surface area contributed by atoms with Crippen LogP contribution in [0.15, 0.2) is 66.9 Å². The lowest BCUT2D eigenvalue weighted by Crippen LogP contribution is -2.45. The summed E-state index contributed by atoms with van der Waals surface area (Å²) in [5.74, 6) is -0.0157. The number of aromatic nitrogens is 1. The maximum Gasteiger partial charge on any atom is 0.224 e. The van der Waals surface area contributed by atoms with Gasteiger partial charge in [-0.15, -0.1) is 0 Å². The van der Waals surface area contributed by atoms with Gasteiger partial charge in [0.1, 0.15) is 0 Å². The number of anilines is 3. The molecule has 7 nitrogen and oxygen atoms in total. The highest BCUT2D eigenvalue weighted by molar-refractivity contribution is 6.39. The number of amides is 2. The molecule has 0 bridgehead atoms. The summed E-state index contributed by atoms with van der Waals surface area (Å²) < 4.78 is 0. The Bertz CT molecular complexity index is 1070. The standard InChI is InChI=1S/C19H22N4O2.C7H7Cl2N/c24-15-22-11-13-23(14-12-22)18-7-4-17(5-8-18)21-19(25)9-6-16-3-1-2-10-20-16;1-10-7-5(8)3-2-4-6(7)9/h1-5,7-8,10,15H,6,9,11-14H2,(H,21,25);2-4,10H,1H3. The summed E-state index contributed by atoms with van der Waals surface area (Å²) in [6.45, 7) is 3.15. The zero-order valence-electron chi connectivity index (χ0n) is 19.6. The third-order valence-corrected chi connectivity index (χ3v) is 6.16. The molecule has 2 aromatic carbocycles. The molecular weight excluding hydrogens is 485 g/mol. The third kappa shape index (κ3) is 8.16. The quantitative estimate of drug-likeness (QED) is 0.436. The van der Waals surface area contributed by atoms with Crippen LogP contribution >= 0.6 is 23.2 Å². The van der Waals surface area contributed by atoms with Crippen molar-refractivity contribution in [3.63, 3.8) is 0 Å². The second-order valence-electron chi connectivity index (χ2n) is 7.89. The summed E-state index contributed by atoms with van der Waals surface area (Å²) in [6.07, 6.45) is 3.68. The molecule has 1 aromatic heterocycles. The molecule has 0 aliphatic carbocycles. The minimum Gasteiger partial charge on any atom is -0.386 e. The number of nitrogens with zero attached hydrogens (tertiary/aromatic N) is 3. The lowest BCUT2D eigenvalue weighted by atomic mass is 10.2. The number of hydrogen-bond donors (Lipinski definition) is 2. The largest absolute Gasteiger partial charge is 0.386 e. The van der Waals surface area contributed by atoms with Gasteiger partial charge >= 0.3 is 0 Å². The number of aryl methyl sites for hydroxylation is 1. The number of carbonyl (C=O) groups is 2. The second-order valence-corrected chi connectivity index (χ2v) is 8.71. The Morgan fingerprint density at radius 3 is 2.20 bits per heavy atom. The number of rotatable bonds is 7. The Balaban J connectivity index is 0.000000287. The molecule has 2 heterocycles. The van der Waals surface area contributed by atoms with Crippen molar-refractivity contribution in [2.45, 2.75) is 12.8 Å². The van der Waals surface area contributed by atoms with Crippen molar-refractivity contribution >= 4 is 52.6 Å². The number of nitrogens with one attached hydrogen (secondary N) is 2. The van der Waals surface area contributed by atoms with Crippen molar-refractivity contribution in [1.29, 1.82) is 0 Å². The summed E-state index contributed by atoms with van der Waals surface area (Å²) in [5.41, 5.74) is 3.60. The van der Waals surface area contributed by atoms with Crippen LogP contribution in [0, 0.1) is 0 Å². The zero-order chi connectivity index (χ0) is 25.0. The molecule has 35 heavy (non-hydrogen) atoms. The fourth-order valence-electron chi connectivity index (χ4n) is 3.59. The molecule has 1 fully saturated rings. The highest BCUT2D eigenvalue weighted by Gasteiger charge is 2.15. The number of benzene rings is 2. The van der Waals surface area contributed by atoms with E-state index < -0.39 is 0 Å². The molecule has 0 saturated carbocycles. The van der Waals surface area contributed by atoms with Gasteiger partial charge in [-0.25, -0.2) is 0 Å². The smallest absolute Gasteiger partial charge is 0.224 e. The molecule has 1 aliphatic rings. The predicted octanol–water partition coefficient (Wildman–Crippen LogP) is 4.97. The molecule has 0 atom stereocenters. The molecule has 1 saturated heterocycles. The molecule has 0 spiro atoms. The van der Waals surface area contributed by atoms with Gasteiger partial charge in [-0.2, -0.15) is 0 Å². The maximum atomic E-state index is 12.1. The van der Waals surface area contributed by atoms with E-state index in [1.165, 1.54) is 0 Å². The van der Waals surface area contributed by atoms with Gasteiger partial charge in [0.25, 0.3) is 0 Å². The van der Waals surface area contributed by atoms with Crippen molar-refractivity contribution in [1.82, 2.24) is 9.88 Å². The Morgan fingerprint density at radius 2 is 1.66 bits per heavy atom. The summed E-state index contributed by atoms with van der Waals surface area (Å²) >= 11 is 11.6. The first-order valence-electron chi connectivity index (χ1n) is 11.4. The van der Waals surface area contributed by atoms with E-state index in [1.54, 1.807) is 30.3 Å². The van der Waals surface area contributed by atoms with E-state index in [2.05, 4.69) is 20.5 Å². The number of carbonyl (C=O) groups excluding carboxylic acids is 2. The molecule has 0 radical (unpaired) electrons.